The molecule has 20 heavy (non-hydrogen) atoms. The van der Waals surface area contributed by atoms with Gasteiger partial charge in [0.05, 0.1) is 6.04 Å². The number of carbonyl (C=O) groups is 1. The standard InChI is InChI=1S/C17H24N2O/c1-2-19(12-13-6-5-7-13)17(20)16-10-14-8-3-4-9-15(14)11-18-16/h3-4,8-9,13,16,18H,2,5-7,10-12H2,1H3/t16-/m1/s1. The molecule has 0 bridgehead atoms. The van der Waals surface area contributed by atoms with Gasteiger partial charge in [-0.15, -0.1) is 0 Å². The zero-order valence-corrected chi connectivity index (χ0v) is 12.3. The van der Waals surface area contributed by atoms with Crippen LogP contribution in [0.1, 0.15) is 37.3 Å². The van der Waals surface area contributed by atoms with Crippen LogP contribution < -0.4 is 5.32 Å². The van der Waals surface area contributed by atoms with Crippen molar-refractivity contribution in [3.8, 4) is 0 Å². The SMILES string of the molecule is CCN(CC1CCC1)C(=O)[C@H]1Cc2ccccc2CN1. The number of nitrogens with zero attached hydrogens (tertiary/aromatic N) is 1. The summed E-state index contributed by atoms with van der Waals surface area (Å²) in [6.07, 6.45) is 4.76. The van der Waals surface area contributed by atoms with Crippen LogP contribution in [0.3, 0.4) is 0 Å². The van der Waals surface area contributed by atoms with Crippen molar-refractivity contribution in [2.24, 2.45) is 5.92 Å². The lowest BCUT2D eigenvalue weighted by molar-refractivity contribution is -0.134. The van der Waals surface area contributed by atoms with E-state index in [4.69, 9.17) is 0 Å². The summed E-state index contributed by atoms with van der Waals surface area (Å²) in [7, 11) is 0. The van der Waals surface area contributed by atoms with Crippen LogP contribution >= 0.6 is 0 Å². The van der Waals surface area contributed by atoms with Gasteiger partial charge in [0.2, 0.25) is 5.91 Å². The predicted octanol–water partition coefficient (Wildman–Crippen LogP) is 2.35. The minimum absolute atomic E-state index is 0.0371. The zero-order valence-electron chi connectivity index (χ0n) is 12.3. The van der Waals surface area contributed by atoms with Crippen molar-refractivity contribution in [3.05, 3.63) is 35.4 Å². The Labute approximate surface area is 121 Å². The Morgan fingerprint density at radius 1 is 1.30 bits per heavy atom. The number of nitrogens with one attached hydrogen (secondary N) is 1. The lowest BCUT2D eigenvalue weighted by Gasteiger charge is -2.35. The van der Waals surface area contributed by atoms with E-state index in [0.29, 0.717) is 0 Å². The molecule has 1 aromatic carbocycles. The molecule has 1 saturated carbocycles. The lowest BCUT2D eigenvalue weighted by Crippen LogP contribution is -2.50. The van der Waals surface area contributed by atoms with E-state index in [1.807, 2.05) is 0 Å². The van der Waals surface area contributed by atoms with Gasteiger partial charge in [0.15, 0.2) is 0 Å². The van der Waals surface area contributed by atoms with Gasteiger partial charge in [0.25, 0.3) is 0 Å². The third kappa shape index (κ3) is 2.73. The molecule has 0 aromatic heterocycles. The smallest absolute Gasteiger partial charge is 0.240 e. The number of amides is 1. The molecule has 1 aromatic rings. The highest BCUT2D eigenvalue weighted by molar-refractivity contribution is 5.82. The molecule has 0 saturated heterocycles. The first-order valence-corrected chi connectivity index (χ1v) is 7.87. The number of rotatable bonds is 4. The van der Waals surface area contributed by atoms with E-state index in [-0.39, 0.29) is 11.9 Å². The maximum atomic E-state index is 12.7. The summed E-state index contributed by atoms with van der Waals surface area (Å²) in [6, 6.07) is 8.40. The lowest BCUT2D eigenvalue weighted by atomic mass is 9.85. The maximum absolute atomic E-state index is 12.7. The molecule has 1 aliphatic heterocycles. The summed E-state index contributed by atoms with van der Waals surface area (Å²) in [5, 5.41) is 3.41. The summed E-state index contributed by atoms with van der Waals surface area (Å²) in [4.78, 5) is 14.7. The second-order valence-corrected chi connectivity index (χ2v) is 6.08. The molecule has 1 aliphatic carbocycles. The molecule has 1 heterocycles. The Morgan fingerprint density at radius 3 is 2.70 bits per heavy atom. The molecule has 3 heteroatoms. The van der Waals surface area contributed by atoms with Crippen molar-refractivity contribution in [3.63, 3.8) is 0 Å². The van der Waals surface area contributed by atoms with E-state index in [0.717, 1.165) is 32.0 Å². The Balaban J connectivity index is 1.64. The van der Waals surface area contributed by atoms with Crippen LogP contribution in [0.5, 0.6) is 0 Å². The molecule has 0 radical (unpaired) electrons. The Kier molecular flexibility index (Phi) is 4.06. The highest BCUT2D eigenvalue weighted by Crippen LogP contribution is 2.27. The Bertz CT molecular complexity index is 482. The quantitative estimate of drug-likeness (QED) is 0.912. The van der Waals surface area contributed by atoms with Crippen molar-refractivity contribution < 1.29 is 4.79 Å². The van der Waals surface area contributed by atoms with E-state index in [2.05, 4.69) is 41.4 Å². The highest BCUT2D eigenvalue weighted by Gasteiger charge is 2.29. The van der Waals surface area contributed by atoms with Crippen molar-refractivity contribution in [2.75, 3.05) is 13.1 Å². The van der Waals surface area contributed by atoms with Crippen molar-refractivity contribution in [2.45, 2.75) is 45.2 Å². The highest BCUT2D eigenvalue weighted by atomic mass is 16.2. The van der Waals surface area contributed by atoms with E-state index in [1.54, 1.807) is 0 Å². The number of carbonyl (C=O) groups excluding carboxylic acids is 1. The van der Waals surface area contributed by atoms with Crippen LogP contribution in [-0.4, -0.2) is 29.9 Å². The molecule has 1 N–H and O–H groups in total. The molecule has 1 amide bonds. The van der Waals surface area contributed by atoms with E-state index in [1.165, 1.54) is 30.4 Å². The molecular formula is C17H24N2O. The molecule has 3 nitrogen and oxygen atoms in total. The number of benzene rings is 1. The first-order chi connectivity index (χ1) is 9.78. The predicted molar refractivity (Wildman–Crippen MR) is 80.4 cm³/mol. The van der Waals surface area contributed by atoms with Gasteiger partial charge in [-0.25, -0.2) is 0 Å². The Morgan fingerprint density at radius 2 is 2.05 bits per heavy atom. The third-order valence-electron chi connectivity index (χ3n) is 4.78. The van der Waals surface area contributed by atoms with Crippen molar-refractivity contribution in [1.29, 1.82) is 0 Å². The average Bonchev–Trinajstić information content (AvgIpc) is 2.45. The van der Waals surface area contributed by atoms with Gasteiger partial charge in [0.1, 0.15) is 0 Å². The van der Waals surface area contributed by atoms with Crippen molar-refractivity contribution >= 4 is 5.91 Å². The van der Waals surface area contributed by atoms with Gasteiger partial charge in [-0.1, -0.05) is 30.7 Å². The van der Waals surface area contributed by atoms with Gasteiger partial charge in [-0.05, 0) is 43.2 Å². The van der Waals surface area contributed by atoms with E-state index >= 15 is 0 Å². The van der Waals surface area contributed by atoms with Gasteiger partial charge < -0.3 is 10.2 Å². The first-order valence-electron chi connectivity index (χ1n) is 7.87. The zero-order chi connectivity index (χ0) is 13.9. The Hall–Kier alpha value is -1.35. The monoisotopic (exact) mass is 272 g/mol. The van der Waals surface area contributed by atoms with Crippen LogP contribution in [0.15, 0.2) is 24.3 Å². The topological polar surface area (TPSA) is 32.3 Å². The minimum Gasteiger partial charge on any atom is -0.341 e. The summed E-state index contributed by atoms with van der Waals surface area (Å²) in [5.41, 5.74) is 2.66. The molecule has 0 spiro atoms. The molecule has 2 aliphatic rings. The largest absolute Gasteiger partial charge is 0.341 e. The second kappa shape index (κ2) is 5.96. The van der Waals surface area contributed by atoms with E-state index < -0.39 is 0 Å². The molecule has 1 fully saturated rings. The summed E-state index contributed by atoms with van der Waals surface area (Å²) in [5.74, 6) is 1.03. The van der Waals surface area contributed by atoms with Crippen LogP contribution in [0, 0.1) is 5.92 Å². The molecule has 1 atom stereocenters. The first kappa shape index (κ1) is 13.6. The van der Waals surface area contributed by atoms with Crippen LogP contribution in [0.25, 0.3) is 0 Å². The fraction of sp³-hybridized carbons (Fsp3) is 0.588. The molecule has 3 rings (SSSR count). The molecule has 108 valence electrons. The number of hydrogen-bond donors (Lipinski definition) is 1. The summed E-state index contributed by atoms with van der Waals surface area (Å²) < 4.78 is 0. The summed E-state index contributed by atoms with van der Waals surface area (Å²) in [6.45, 7) is 4.69. The maximum Gasteiger partial charge on any atom is 0.240 e. The van der Waals surface area contributed by atoms with Gasteiger partial charge in [-0.3, -0.25) is 4.79 Å². The summed E-state index contributed by atoms with van der Waals surface area (Å²) >= 11 is 0. The normalized spacial score (nSPS) is 21.9. The van der Waals surface area contributed by atoms with Crippen LogP contribution in [0.2, 0.25) is 0 Å². The van der Waals surface area contributed by atoms with Gasteiger partial charge >= 0.3 is 0 Å². The number of hydrogen-bond acceptors (Lipinski definition) is 2. The van der Waals surface area contributed by atoms with Gasteiger partial charge in [0, 0.05) is 19.6 Å². The minimum atomic E-state index is -0.0371. The third-order valence-corrected chi connectivity index (χ3v) is 4.78. The number of fused-ring (bicyclic) bond motifs is 1. The van der Waals surface area contributed by atoms with Gasteiger partial charge in [-0.2, -0.15) is 0 Å². The van der Waals surface area contributed by atoms with E-state index in [9.17, 15) is 4.79 Å². The van der Waals surface area contributed by atoms with Crippen LogP contribution in [-0.2, 0) is 17.8 Å². The second-order valence-electron chi connectivity index (χ2n) is 6.08. The number of likely N-dealkylation sites (N-methyl/N-ethyl adjacent to an activating group) is 1. The fourth-order valence-electron chi connectivity index (χ4n) is 3.21. The fourth-order valence-corrected chi connectivity index (χ4v) is 3.21. The molecule has 0 unspecified atom stereocenters. The average molecular weight is 272 g/mol. The molecular weight excluding hydrogens is 248 g/mol. The van der Waals surface area contributed by atoms with Crippen LogP contribution in [0.4, 0.5) is 0 Å². The van der Waals surface area contributed by atoms with Crippen molar-refractivity contribution in [1.82, 2.24) is 10.2 Å².